The van der Waals surface area contributed by atoms with Crippen LogP contribution in [0.15, 0.2) is 18.3 Å². The monoisotopic (exact) mass is 185 g/mol. The molecule has 0 aromatic carbocycles. The minimum atomic E-state index is 0.00365. The first-order valence-electron chi connectivity index (χ1n) is 4.39. The van der Waals surface area contributed by atoms with Gasteiger partial charge in [-0.15, -0.1) is 6.42 Å². The van der Waals surface area contributed by atoms with Gasteiger partial charge in [0.05, 0.1) is 6.04 Å². The van der Waals surface area contributed by atoms with Crippen molar-refractivity contribution in [2.75, 3.05) is 5.32 Å². The van der Waals surface area contributed by atoms with Crippen LogP contribution in [0.3, 0.4) is 0 Å². The van der Waals surface area contributed by atoms with Crippen molar-refractivity contribution >= 4 is 5.69 Å². The number of pyridine rings is 1. The summed E-state index contributed by atoms with van der Waals surface area (Å²) in [7, 11) is 0. The lowest BCUT2D eigenvalue weighted by Gasteiger charge is -2.11. The lowest BCUT2D eigenvalue weighted by Crippen LogP contribution is -2.15. The van der Waals surface area contributed by atoms with Crippen molar-refractivity contribution in [1.82, 2.24) is 4.98 Å². The summed E-state index contributed by atoms with van der Waals surface area (Å²) in [6.07, 6.45) is 7.74. The molecular formula is C11H11N3. The zero-order valence-corrected chi connectivity index (χ0v) is 7.99. The topological polar surface area (TPSA) is 48.7 Å². The molecule has 1 atom stereocenters. The highest BCUT2D eigenvalue weighted by atomic mass is 14.9. The Balaban J connectivity index is 2.78. The minimum Gasteiger partial charge on any atom is -0.371 e. The van der Waals surface area contributed by atoms with Gasteiger partial charge in [-0.25, -0.2) is 4.98 Å². The number of aromatic nitrogens is 1. The van der Waals surface area contributed by atoms with E-state index in [1.807, 2.05) is 13.0 Å². The third-order valence-corrected chi connectivity index (χ3v) is 1.82. The second-order valence-electron chi connectivity index (χ2n) is 2.81. The standard InChI is InChI=1S/C11H11N3/c1-3-9(4-2)14-10-5-6-13-11(7-10)8-12/h1,5-7,9H,4H2,2H3,(H,13,14). The minimum absolute atomic E-state index is 0.00365. The molecule has 0 aliphatic heterocycles. The fourth-order valence-corrected chi connectivity index (χ4v) is 1.04. The summed E-state index contributed by atoms with van der Waals surface area (Å²) in [4.78, 5) is 3.86. The third-order valence-electron chi connectivity index (χ3n) is 1.82. The Kier molecular flexibility index (Phi) is 3.52. The molecule has 0 fully saturated rings. The van der Waals surface area contributed by atoms with E-state index in [1.165, 1.54) is 0 Å². The van der Waals surface area contributed by atoms with Gasteiger partial charge in [0, 0.05) is 11.9 Å². The number of rotatable bonds is 3. The van der Waals surface area contributed by atoms with Crippen LogP contribution >= 0.6 is 0 Å². The molecule has 1 rings (SSSR count). The van der Waals surface area contributed by atoms with Crippen LogP contribution < -0.4 is 5.32 Å². The van der Waals surface area contributed by atoms with Gasteiger partial charge in [0.15, 0.2) is 0 Å². The van der Waals surface area contributed by atoms with E-state index in [1.54, 1.807) is 18.3 Å². The zero-order valence-electron chi connectivity index (χ0n) is 7.99. The lowest BCUT2D eigenvalue weighted by molar-refractivity contribution is 0.857. The van der Waals surface area contributed by atoms with E-state index in [0.717, 1.165) is 12.1 Å². The van der Waals surface area contributed by atoms with Crippen molar-refractivity contribution < 1.29 is 0 Å². The molecule has 3 nitrogen and oxygen atoms in total. The Morgan fingerprint density at radius 1 is 1.71 bits per heavy atom. The van der Waals surface area contributed by atoms with Crippen molar-refractivity contribution in [3.63, 3.8) is 0 Å². The quantitative estimate of drug-likeness (QED) is 0.730. The second-order valence-corrected chi connectivity index (χ2v) is 2.81. The van der Waals surface area contributed by atoms with E-state index in [4.69, 9.17) is 11.7 Å². The van der Waals surface area contributed by atoms with E-state index in [2.05, 4.69) is 16.2 Å². The van der Waals surface area contributed by atoms with Gasteiger partial charge in [-0.05, 0) is 18.6 Å². The SMILES string of the molecule is C#CC(CC)Nc1ccnc(C#N)c1. The summed E-state index contributed by atoms with van der Waals surface area (Å²) in [5.74, 6) is 2.62. The van der Waals surface area contributed by atoms with E-state index < -0.39 is 0 Å². The summed E-state index contributed by atoms with van der Waals surface area (Å²) in [6, 6.07) is 5.45. The van der Waals surface area contributed by atoms with Gasteiger partial charge < -0.3 is 5.32 Å². The van der Waals surface area contributed by atoms with Crippen LogP contribution in [0.25, 0.3) is 0 Å². The molecule has 1 heterocycles. The molecule has 0 aliphatic rings. The molecule has 3 heteroatoms. The first-order chi connectivity index (χ1) is 6.80. The first-order valence-corrected chi connectivity index (χ1v) is 4.39. The van der Waals surface area contributed by atoms with E-state index in [9.17, 15) is 0 Å². The predicted molar refractivity (Wildman–Crippen MR) is 55.5 cm³/mol. The fraction of sp³-hybridized carbons (Fsp3) is 0.273. The maximum Gasteiger partial charge on any atom is 0.142 e. The van der Waals surface area contributed by atoms with Crippen LogP contribution in [0, 0.1) is 23.7 Å². The highest BCUT2D eigenvalue weighted by Gasteiger charge is 2.01. The normalized spacial score (nSPS) is 11.1. The molecule has 1 aromatic heterocycles. The molecule has 0 radical (unpaired) electrons. The maximum absolute atomic E-state index is 8.63. The van der Waals surface area contributed by atoms with E-state index >= 15 is 0 Å². The van der Waals surface area contributed by atoms with Crippen LogP contribution in [0.5, 0.6) is 0 Å². The summed E-state index contributed by atoms with van der Waals surface area (Å²) in [5.41, 5.74) is 1.23. The smallest absolute Gasteiger partial charge is 0.142 e. The Morgan fingerprint density at radius 3 is 3.07 bits per heavy atom. The van der Waals surface area contributed by atoms with Gasteiger partial charge in [-0.3, -0.25) is 0 Å². The highest BCUT2D eigenvalue weighted by Crippen LogP contribution is 2.09. The van der Waals surface area contributed by atoms with Crippen molar-refractivity contribution in [1.29, 1.82) is 5.26 Å². The molecular weight excluding hydrogens is 174 g/mol. The molecule has 0 bridgehead atoms. The molecule has 14 heavy (non-hydrogen) atoms. The van der Waals surface area contributed by atoms with Gasteiger partial charge in [-0.2, -0.15) is 5.26 Å². The van der Waals surface area contributed by atoms with Crippen LogP contribution in [0.4, 0.5) is 5.69 Å². The van der Waals surface area contributed by atoms with Crippen molar-refractivity contribution in [2.45, 2.75) is 19.4 Å². The lowest BCUT2D eigenvalue weighted by atomic mass is 10.2. The van der Waals surface area contributed by atoms with Crippen molar-refractivity contribution in [2.24, 2.45) is 0 Å². The third kappa shape index (κ3) is 2.50. The largest absolute Gasteiger partial charge is 0.371 e. The van der Waals surface area contributed by atoms with E-state index in [-0.39, 0.29) is 6.04 Å². The van der Waals surface area contributed by atoms with Crippen LogP contribution in [0.2, 0.25) is 0 Å². The molecule has 1 aromatic rings. The van der Waals surface area contributed by atoms with Crippen molar-refractivity contribution in [3.05, 3.63) is 24.0 Å². The molecule has 0 aliphatic carbocycles. The molecule has 0 saturated carbocycles. The number of terminal acetylenes is 1. The molecule has 0 spiro atoms. The molecule has 0 amide bonds. The van der Waals surface area contributed by atoms with Crippen molar-refractivity contribution in [3.8, 4) is 18.4 Å². The van der Waals surface area contributed by atoms with Crippen LogP contribution in [-0.4, -0.2) is 11.0 Å². The predicted octanol–water partition coefficient (Wildman–Crippen LogP) is 1.78. The van der Waals surface area contributed by atoms with Crippen LogP contribution in [-0.2, 0) is 0 Å². The molecule has 70 valence electrons. The molecule has 1 N–H and O–H groups in total. The molecule has 1 unspecified atom stereocenters. The van der Waals surface area contributed by atoms with Gasteiger partial charge in [0.2, 0.25) is 0 Å². The first kappa shape index (κ1) is 10.1. The maximum atomic E-state index is 8.63. The number of hydrogen-bond acceptors (Lipinski definition) is 3. The average molecular weight is 185 g/mol. The zero-order chi connectivity index (χ0) is 10.4. The summed E-state index contributed by atoms with van der Waals surface area (Å²) in [5, 5.41) is 11.8. The van der Waals surface area contributed by atoms with E-state index in [0.29, 0.717) is 5.69 Å². The fourth-order valence-electron chi connectivity index (χ4n) is 1.04. The highest BCUT2D eigenvalue weighted by molar-refractivity contribution is 5.47. The number of nitrogens with zero attached hydrogens (tertiary/aromatic N) is 2. The Bertz CT molecular complexity index is 384. The average Bonchev–Trinajstić information content (AvgIpc) is 2.26. The summed E-state index contributed by atoms with van der Waals surface area (Å²) >= 11 is 0. The van der Waals surface area contributed by atoms with Gasteiger partial charge >= 0.3 is 0 Å². The van der Waals surface area contributed by atoms with Crippen LogP contribution in [0.1, 0.15) is 19.0 Å². The number of hydrogen-bond donors (Lipinski definition) is 1. The Hall–Kier alpha value is -2.00. The number of anilines is 1. The summed E-state index contributed by atoms with van der Waals surface area (Å²) < 4.78 is 0. The Labute approximate surface area is 83.8 Å². The summed E-state index contributed by atoms with van der Waals surface area (Å²) in [6.45, 7) is 2.00. The number of nitriles is 1. The molecule has 0 saturated heterocycles. The Morgan fingerprint density at radius 2 is 2.50 bits per heavy atom. The van der Waals surface area contributed by atoms with Gasteiger partial charge in [0.25, 0.3) is 0 Å². The second kappa shape index (κ2) is 4.89. The van der Waals surface area contributed by atoms with Gasteiger partial charge in [0.1, 0.15) is 11.8 Å². The van der Waals surface area contributed by atoms with Gasteiger partial charge in [-0.1, -0.05) is 12.8 Å². The number of nitrogens with one attached hydrogen (secondary N) is 1.